The van der Waals surface area contributed by atoms with Crippen molar-refractivity contribution in [1.29, 1.82) is 0 Å². The molecule has 0 radical (unpaired) electrons. The van der Waals surface area contributed by atoms with Crippen LogP contribution in [0.1, 0.15) is 16.9 Å². The lowest BCUT2D eigenvalue weighted by Crippen LogP contribution is -2.14. The normalized spacial score (nSPS) is 15.1. The van der Waals surface area contributed by atoms with Gasteiger partial charge in [0.25, 0.3) is 0 Å². The third kappa shape index (κ3) is 2.45. The van der Waals surface area contributed by atoms with Gasteiger partial charge in [0.1, 0.15) is 11.5 Å². The number of aryl methyl sites for hydroxylation is 1. The topological polar surface area (TPSA) is 57.8 Å². The summed E-state index contributed by atoms with van der Waals surface area (Å²) in [7, 11) is 0. The van der Waals surface area contributed by atoms with Crippen LogP contribution >= 0.6 is 0 Å². The molecule has 1 aromatic carbocycles. The smallest absolute Gasteiger partial charge is 0.149 e. The average molecular weight is 268 g/mol. The number of allylic oxidation sites excluding steroid dienone is 1. The van der Waals surface area contributed by atoms with E-state index in [1.54, 1.807) is 12.3 Å². The number of nitrogens with zero attached hydrogens (tertiary/aromatic N) is 1. The first-order valence-electron chi connectivity index (χ1n) is 6.58. The van der Waals surface area contributed by atoms with Crippen LogP contribution in [-0.2, 0) is 0 Å². The van der Waals surface area contributed by atoms with Gasteiger partial charge in [0.05, 0.1) is 24.2 Å². The van der Waals surface area contributed by atoms with Crippen LogP contribution in [0.4, 0.5) is 0 Å². The Kier molecular flexibility index (Phi) is 3.29. The summed E-state index contributed by atoms with van der Waals surface area (Å²) in [4.78, 5) is 4.53. The Morgan fingerprint density at radius 1 is 1.30 bits per heavy atom. The average Bonchev–Trinajstić information content (AvgIpc) is 2.87. The molecule has 4 nitrogen and oxygen atoms in total. The number of hydrogen-bond donors (Lipinski definition) is 2. The summed E-state index contributed by atoms with van der Waals surface area (Å²) in [6.07, 6.45) is 3.56. The number of phenols is 1. The molecule has 0 amide bonds. The van der Waals surface area contributed by atoms with Gasteiger partial charge in [-0.1, -0.05) is 11.6 Å². The molecule has 3 rings (SSSR count). The molecule has 0 saturated heterocycles. The van der Waals surface area contributed by atoms with E-state index in [0.29, 0.717) is 6.54 Å². The summed E-state index contributed by atoms with van der Waals surface area (Å²) in [5.74, 6) is 1.01. The van der Waals surface area contributed by atoms with Gasteiger partial charge < -0.3 is 14.8 Å². The molecule has 0 fully saturated rings. The molecular formula is C16H16N2O2. The first kappa shape index (κ1) is 12.5. The van der Waals surface area contributed by atoms with E-state index in [9.17, 15) is 5.11 Å². The number of aliphatic imine (C=N–C) groups is 1. The van der Waals surface area contributed by atoms with Gasteiger partial charge in [0, 0.05) is 12.1 Å². The van der Waals surface area contributed by atoms with Gasteiger partial charge in [0.15, 0.2) is 0 Å². The highest BCUT2D eigenvalue weighted by Crippen LogP contribution is 2.22. The van der Waals surface area contributed by atoms with E-state index < -0.39 is 0 Å². The van der Waals surface area contributed by atoms with Crippen LogP contribution in [0.5, 0.6) is 5.75 Å². The highest BCUT2D eigenvalue weighted by atomic mass is 16.3. The van der Waals surface area contributed by atoms with Crippen molar-refractivity contribution in [2.75, 3.05) is 13.1 Å². The molecule has 0 bridgehead atoms. The number of nitrogens with one attached hydrogen (secondary N) is 1. The van der Waals surface area contributed by atoms with Crippen molar-refractivity contribution in [3.05, 3.63) is 59.6 Å². The SMILES string of the molecule is Cc1ccc(O)c(C2=NCCNC(c3ccco3)=C2)c1. The fourth-order valence-electron chi connectivity index (χ4n) is 2.21. The predicted octanol–water partition coefficient (Wildman–Crippen LogP) is 2.73. The number of rotatable bonds is 2. The summed E-state index contributed by atoms with van der Waals surface area (Å²) in [6.45, 7) is 3.39. The highest BCUT2D eigenvalue weighted by molar-refractivity contribution is 6.13. The third-order valence-electron chi connectivity index (χ3n) is 3.21. The van der Waals surface area contributed by atoms with Crippen molar-refractivity contribution >= 4 is 11.4 Å². The van der Waals surface area contributed by atoms with Crippen LogP contribution < -0.4 is 5.32 Å². The van der Waals surface area contributed by atoms with Crippen molar-refractivity contribution in [3.8, 4) is 5.75 Å². The van der Waals surface area contributed by atoms with Gasteiger partial charge in [0.2, 0.25) is 0 Å². The highest BCUT2D eigenvalue weighted by Gasteiger charge is 2.13. The molecule has 2 N–H and O–H groups in total. The summed E-state index contributed by atoms with van der Waals surface area (Å²) < 4.78 is 5.42. The lowest BCUT2D eigenvalue weighted by molar-refractivity contribution is 0.474. The van der Waals surface area contributed by atoms with Crippen molar-refractivity contribution in [1.82, 2.24) is 5.32 Å². The zero-order valence-electron chi connectivity index (χ0n) is 11.3. The zero-order chi connectivity index (χ0) is 13.9. The molecule has 0 unspecified atom stereocenters. The molecule has 2 aromatic rings. The summed E-state index contributed by atoms with van der Waals surface area (Å²) >= 11 is 0. The Bertz CT molecular complexity index is 670. The second-order valence-electron chi connectivity index (χ2n) is 4.75. The molecule has 0 atom stereocenters. The van der Waals surface area contributed by atoms with E-state index in [0.717, 1.165) is 34.8 Å². The second-order valence-corrected chi connectivity index (χ2v) is 4.75. The molecule has 1 aliphatic heterocycles. The maximum atomic E-state index is 10.0. The van der Waals surface area contributed by atoms with Gasteiger partial charge in [-0.2, -0.15) is 0 Å². The molecule has 0 aliphatic carbocycles. The van der Waals surface area contributed by atoms with E-state index in [4.69, 9.17) is 4.42 Å². The third-order valence-corrected chi connectivity index (χ3v) is 3.21. The molecule has 0 saturated carbocycles. The largest absolute Gasteiger partial charge is 0.507 e. The second kappa shape index (κ2) is 5.25. The number of furan rings is 1. The minimum Gasteiger partial charge on any atom is -0.507 e. The lowest BCUT2D eigenvalue weighted by Gasteiger charge is -2.07. The zero-order valence-corrected chi connectivity index (χ0v) is 11.3. The molecule has 1 aromatic heterocycles. The van der Waals surface area contributed by atoms with Crippen LogP contribution in [0.15, 0.2) is 52.1 Å². The van der Waals surface area contributed by atoms with E-state index in [2.05, 4.69) is 10.3 Å². The standard InChI is InChI=1S/C16H16N2O2/c1-11-4-5-15(19)12(9-11)13-10-14(18-7-6-17-13)16-3-2-8-20-16/h2-5,8-10,18-19H,6-7H2,1H3. The first-order valence-corrected chi connectivity index (χ1v) is 6.58. The minimum atomic E-state index is 0.242. The molecule has 20 heavy (non-hydrogen) atoms. The summed E-state index contributed by atoms with van der Waals surface area (Å²) in [5, 5.41) is 13.3. The maximum absolute atomic E-state index is 10.0. The van der Waals surface area contributed by atoms with Crippen LogP contribution in [-0.4, -0.2) is 23.9 Å². The fourth-order valence-corrected chi connectivity index (χ4v) is 2.21. The maximum Gasteiger partial charge on any atom is 0.149 e. The molecule has 2 heterocycles. The first-order chi connectivity index (χ1) is 9.74. The Hall–Kier alpha value is -2.49. The summed E-state index contributed by atoms with van der Waals surface area (Å²) in [6, 6.07) is 9.27. The molecular weight excluding hydrogens is 252 g/mol. The fraction of sp³-hybridized carbons (Fsp3) is 0.188. The lowest BCUT2D eigenvalue weighted by atomic mass is 10.0. The van der Waals surface area contributed by atoms with Gasteiger partial charge in [-0.3, -0.25) is 4.99 Å². The van der Waals surface area contributed by atoms with Crippen LogP contribution in [0.25, 0.3) is 5.70 Å². The Balaban J connectivity index is 2.05. The van der Waals surface area contributed by atoms with Gasteiger partial charge in [-0.15, -0.1) is 0 Å². The van der Waals surface area contributed by atoms with E-state index in [1.165, 1.54) is 0 Å². The van der Waals surface area contributed by atoms with Crippen LogP contribution in [0, 0.1) is 6.92 Å². The molecule has 4 heteroatoms. The summed E-state index contributed by atoms with van der Waals surface area (Å²) in [5.41, 5.74) is 3.48. The monoisotopic (exact) mass is 268 g/mol. The van der Waals surface area contributed by atoms with E-state index in [1.807, 2.05) is 37.3 Å². The van der Waals surface area contributed by atoms with E-state index in [-0.39, 0.29) is 5.75 Å². The predicted molar refractivity (Wildman–Crippen MR) is 78.9 cm³/mol. The number of hydrogen-bond acceptors (Lipinski definition) is 4. The quantitative estimate of drug-likeness (QED) is 0.880. The molecule has 0 spiro atoms. The van der Waals surface area contributed by atoms with Crippen molar-refractivity contribution in [2.24, 2.45) is 4.99 Å². The molecule has 102 valence electrons. The van der Waals surface area contributed by atoms with Crippen molar-refractivity contribution in [2.45, 2.75) is 6.92 Å². The number of aromatic hydroxyl groups is 1. The Labute approximate surface area is 117 Å². The minimum absolute atomic E-state index is 0.242. The van der Waals surface area contributed by atoms with Crippen molar-refractivity contribution in [3.63, 3.8) is 0 Å². The Morgan fingerprint density at radius 3 is 3.00 bits per heavy atom. The number of phenolic OH excluding ortho intramolecular Hbond substituents is 1. The van der Waals surface area contributed by atoms with Gasteiger partial charge in [-0.25, -0.2) is 0 Å². The van der Waals surface area contributed by atoms with Crippen LogP contribution in [0.2, 0.25) is 0 Å². The van der Waals surface area contributed by atoms with Crippen molar-refractivity contribution < 1.29 is 9.52 Å². The van der Waals surface area contributed by atoms with Gasteiger partial charge in [-0.05, 0) is 37.3 Å². The van der Waals surface area contributed by atoms with Gasteiger partial charge >= 0.3 is 0 Å². The number of benzene rings is 1. The Morgan fingerprint density at radius 2 is 2.20 bits per heavy atom. The van der Waals surface area contributed by atoms with Crippen LogP contribution in [0.3, 0.4) is 0 Å². The molecule has 1 aliphatic rings. The van der Waals surface area contributed by atoms with E-state index >= 15 is 0 Å².